The first-order valence-electron chi connectivity index (χ1n) is 5.91. The molecule has 3 N–H and O–H groups in total. The Morgan fingerprint density at radius 2 is 1.31 bits per heavy atom. The first-order valence-corrected chi connectivity index (χ1v) is 5.91. The van der Waals surface area contributed by atoms with Crippen LogP contribution in [-0.2, 0) is 0 Å². The molecule has 0 aliphatic rings. The van der Waals surface area contributed by atoms with E-state index < -0.39 is 6.10 Å². The molecule has 3 heteroatoms. The van der Waals surface area contributed by atoms with Gasteiger partial charge in [0.25, 0.3) is 0 Å². The van der Waals surface area contributed by atoms with Crippen LogP contribution in [0.3, 0.4) is 0 Å². The van der Waals surface area contributed by atoms with Crippen LogP contribution in [0.15, 0.2) is 0 Å². The SMILES string of the molecule is CC(C)(C)CC(O)CO.CC(C)(C)CCO. The molecule has 0 aliphatic carbocycles. The van der Waals surface area contributed by atoms with Crippen molar-refractivity contribution in [3.05, 3.63) is 0 Å². The van der Waals surface area contributed by atoms with Gasteiger partial charge >= 0.3 is 0 Å². The molecular formula is C13H30O3. The van der Waals surface area contributed by atoms with Gasteiger partial charge in [-0.2, -0.15) is 0 Å². The molecule has 0 rings (SSSR count). The van der Waals surface area contributed by atoms with Crippen molar-refractivity contribution in [1.82, 2.24) is 0 Å². The van der Waals surface area contributed by atoms with Gasteiger partial charge in [0.15, 0.2) is 0 Å². The lowest BCUT2D eigenvalue weighted by Crippen LogP contribution is -2.20. The van der Waals surface area contributed by atoms with Crippen LogP contribution in [0.2, 0.25) is 0 Å². The van der Waals surface area contributed by atoms with Gasteiger partial charge in [0.2, 0.25) is 0 Å². The second kappa shape index (κ2) is 8.04. The fourth-order valence-corrected chi connectivity index (χ4v) is 1.11. The highest BCUT2D eigenvalue weighted by Crippen LogP contribution is 2.20. The number of hydrogen-bond donors (Lipinski definition) is 3. The summed E-state index contributed by atoms with van der Waals surface area (Å²) in [5.41, 5.74) is 0.414. The van der Waals surface area contributed by atoms with E-state index in [-0.39, 0.29) is 12.0 Å². The van der Waals surface area contributed by atoms with Crippen LogP contribution in [0, 0.1) is 10.8 Å². The van der Waals surface area contributed by atoms with E-state index in [1.807, 2.05) is 20.8 Å². The number of hydrogen-bond acceptors (Lipinski definition) is 3. The van der Waals surface area contributed by atoms with Crippen molar-refractivity contribution < 1.29 is 15.3 Å². The fraction of sp³-hybridized carbons (Fsp3) is 1.00. The van der Waals surface area contributed by atoms with Crippen molar-refractivity contribution in [2.24, 2.45) is 10.8 Å². The van der Waals surface area contributed by atoms with Crippen molar-refractivity contribution in [2.45, 2.75) is 60.5 Å². The summed E-state index contributed by atoms with van der Waals surface area (Å²) in [7, 11) is 0. The molecule has 3 nitrogen and oxygen atoms in total. The molecule has 0 bridgehead atoms. The largest absolute Gasteiger partial charge is 0.396 e. The topological polar surface area (TPSA) is 60.7 Å². The van der Waals surface area contributed by atoms with E-state index in [2.05, 4.69) is 20.8 Å². The summed E-state index contributed by atoms with van der Waals surface area (Å²) in [5.74, 6) is 0. The second-order valence-electron chi connectivity index (χ2n) is 6.64. The summed E-state index contributed by atoms with van der Waals surface area (Å²) in [4.78, 5) is 0. The molecule has 16 heavy (non-hydrogen) atoms. The molecule has 100 valence electrons. The maximum absolute atomic E-state index is 8.94. The average molecular weight is 234 g/mol. The minimum atomic E-state index is -0.551. The Kier molecular flexibility index (Phi) is 9.17. The van der Waals surface area contributed by atoms with Gasteiger partial charge in [0, 0.05) is 6.61 Å². The zero-order valence-corrected chi connectivity index (χ0v) is 11.7. The molecule has 1 atom stereocenters. The summed E-state index contributed by atoms with van der Waals surface area (Å²) in [6.45, 7) is 12.6. The molecule has 0 aromatic heterocycles. The highest BCUT2D eigenvalue weighted by molar-refractivity contribution is 4.66. The molecule has 0 aromatic carbocycles. The number of rotatable bonds is 3. The molecule has 0 saturated heterocycles. The summed E-state index contributed by atoms with van der Waals surface area (Å²) >= 11 is 0. The molecule has 0 heterocycles. The van der Waals surface area contributed by atoms with Gasteiger partial charge in [-0.25, -0.2) is 0 Å². The summed E-state index contributed by atoms with van der Waals surface area (Å²) in [5, 5.41) is 25.8. The molecule has 0 radical (unpaired) electrons. The Balaban J connectivity index is 0. The lowest BCUT2D eigenvalue weighted by Gasteiger charge is -2.20. The normalized spacial score (nSPS) is 14.1. The van der Waals surface area contributed by atoms with E-state index >= 15 is 0 Å². The second-order valence-corrected chi connectivity index (χ2v) is 6.64. The lowest BCUT2D eigenvalue weighted by atomic mass is 9.89. The maximum Gasteiger partial charge on any atom is 0.0775 e. The van der Waals surface area contributed by atoms with E-state index in [9.17, 15) is 0 Å². The molecule has 0 saturated carbocycles. The van der Waals surface area contributed by atoms with E-state index in [0.717, 1.165) is 6.42 Å². The lowest BCUT2D eigenvalue weighted by molar-refractivity contribution is 0.0612. The predicted molar refractivity (Wildman–Crippen MR) is 68.3 cm³/mol. The molecule has 1 unspecified atom stereocenters. The number of aliphatic hydroxyl groups excluding tert-OH is 3. The quantitative estimate of drug-likeness (QED) is 0.701. The maximum atomic E-state index is 8.94. The summed E-state index contributed by atoms with van der Waals surface area (Å²) < 4.78 is 0. The first kappa shape index (κ1) is 18.3. The molecule has 0 aromatic rings. The third kappa shape index (κ3) is 19.5. The Hall–Kier alpha value is -0.120. The third-order valence-corrected chi connectivity index (χ3v) is 1.92. The summed E-state index contributed by atoms with van der Waals surface area (Å²) in [6.07, 6.45) is 1.00. The molecule has 0 spiro atoms. The first-order chi connectivity index (χ1) is 7.02. The van der Waals surface area contributed by atoms with Gasteiger partial charge in [-0.15, -0.1) is 0 Å². The highest BCUT2D eigenvalue weighted by atomic mass is 16.3. The van der Waals surface area contributed by atoms with Crippen LogP contribution in [0.5, 0.6) is 0 Å². The number of aliphatic hydroxyl groups is 3. The van der Waals surface area contributed by atoms with Gasteiger partial charge in [0.1, 0.15) is 0 Å². The van der Waals surface area contributed by atoms with Gasteiger partial charge in [0.05, 0.1) is 12.7 Å². The van der Waals surface area contributed by atoms with Crippen LogP contribution >= 0.6 is 0 Å². The van der Waals surface area contributed by atoms with Crippen LogP contribution in [0.25, 0.3) is 0 Å². The van der Waals surface area contributed by atoms with Gasteiger partial charge in [-0.3, -0.25) is 0 Å². The van der Waals surface area contributed by atoms with Crippen molar-refractivity contribution >= 4 is 0 Å². The van der Waals surface area contributed by atoms with Gasteiger partial charge in [-0.1, -0.05) is 41.5 Å². The van der Waals surface area contributed by atoms with E-state index in [1.54, 1.807) is 0 Å². The van der Waals surface area contributed by atoms with Crippen LogP contribution in [0.1, 0.15) is 54.4 Å². The monoisotopic (exact) mass is 234 g/mol. The van der Waals surface area contributed by atoms with Crippen molar-refractivity contribution in [1.29, 1.82) is 0 Å². The van der Waals surface area contributed by atoms with E-state index in [0.29, 0.717) is 18.4 Å². The van der Waals surface area contributed by atoms with Crippen LogP contribution in [0.4, 0.5) is 0 Å². The zero-order chi connectivity index (χ0) is 13.4. The summed E-state index contributed by atoms with van der Waals surface area (Å²) in [6, 6.07) is 0. The molecular weight excluding hydrogens is 204 g/mol. The van der Waals surface area contributed by atoms with Gasteiger partial charge in [-0.05, 0) is 23.7 Å². The van der Waals surface area contributed by atoms with E-state index in [1.165, 1.54) is 0 Å². The minimum absolute atomic E-state index is 0.113. The van der Waals surface area contributed by atoms with Crippen LogP contribution in [-0.4, -0.2) is 34.6 Å². The Morgan fingerprint density at radius 3 is 1.38 bits per heavy atom. The Morgan fingerprint density at radius 1 is 0.875 bits per heavy atom. The predicted octanol–water partition coefficient (Wildman–Crippen LogP) is 2.19. The van der Waals surface area contributed by atoms with Crippen molar-refractivity contribution in [3.8, 4) is 0 Å². The zero-order valence-electron chi connectivity index (χ0n) is 11.7. The molecule has 0 amide bonds. The van der Waals surface area contributed by atoms with Gasteiger partial charge < -0.3 is 15.3 Å². The van der Waals surface area contributed by atoms with Crippen LogP contribution < -0.4 is 0 Å². The highest BCUT2D eigenvalue weighted by Gasteiger charge is 2.15. The average Bonchev–Trinajstić information content (AvgIpc) is 1.99. The molecule has 0 fully saturated rings. The van der Waals surface area contributed by atoms with E-state index in [4.69, 9.17) is 15.3 Å². The molecule has 0 aliphatic heterocycles. The Labute approximate surface area is 101 Å². The smallest absolute Gasteiger partial charge is 0.0775 e. The fourth-order valence-electron chi connectivity index (χ4n) is 1.11. The van der Waals surface area contributed by atoms with Crippen molar-refractivity contribution in [2.75, 3.05) is 13.2 Å². The van der Waals surface area contributed by atoms with Crippen molar-refractivity contribution in [3.63, 3.8) is 0 Å². The Bertz CT molecular complexity index is 154. The standard InChI is InChI=1S/C7H16O2.C6H14O/c1-7(2,3)4-6(9)5-8;1-6(2,3)4-5-7/h6,8-9H,4-5H2,1-3H3;7H,4-5H2,1-3H3. The minimum Gasteiger partial charge on any atom is -0.396 e. The third-order valence-electron chi connectivity index (χ3n) is 1.92.